The average Bonchev–Trinajstić information content (AvgIpc) is 3.10. The molecule has 0 unspecified atom stereocenters. The smallest absolute Gasteiger partial charge is 0.330 e. The van der Waals surface area contributed by atoms with E-state index >= 15 is 0 Å². The van der Waals surface area contributed by atoms with Gasteiger partial charge in [-0.2, -0.15) is 11.3 Å². The number of rotatable bonds is 3. The number of aromatic nitrogens is 2. The van der Waals surface area contributed by atoms with Crippen LogP contribution >= 0.6 is 11.3 Å². The Morgan fingerprint density at radius 3 is 2.68 bits per heavy atom. The van der Waals surface area contributed by atoms with Crippen LogP contribution < -0.4 is 11.2 Å². The summed E-state index contributed by atoms with van der Waals surface area (Å²) in [5.74, 6) is 0. The Kier molecular flexibility index (Phi) is 3.98. The Morgan fingerprint density at radius 2 is 2.09 bits per heavy atom. The lowest BCUT2D eigenvalue weighted by atomic mass is 10.1. The van der Waals surface area contributed by atoms with Crippen molar-refractivity contribution >= 4 is 11.3 Å². The van der Waals surface area contributed by atoms with Crippen LogP contribution in [0.25, 0.3) is 11.1 Å². The maximum atomic E-state index is 12.0. The van der Waals surface area contributed by atoms with E-state index in [9.17, 15) is 19.8 Å². The molecule has 0 amide bonds. The van der Waals surface area contributed by atoms with Gasteiger partial charge in [-0.05, 0) is 22.4 Å². The van der Waals surface area contributed by atoms with Crippen molar-refractivity contribution < 1.29 is 20.1 Å². The highest BCUT2D eigenvalue weighted by Gasteiger charge is 2.43. The van der Waals surface area contributed by atoms with E-state index in [4.69, 9.17) is 9.84 Å². The molecule has 0 spiro atoms. The molecule has 118 valence electrons. The maximum Gasteiger partial charge on any atom is 0.330 e. The molecule has 0 saturated carbocycles. The second-order valence-electron chi connectivity index (χ2n) is 4.95. The van der Waals surface area contributed by atoms with Crippen molar-refractivity contribution in [2.24, 2.45) is 0 Å². The van der Waals surface area contributed by atoms with E-state index in [2.05, 4.69) is 4.98 Å². The summed E-state index contributed by atoms with van der Waals surface area (Å²) in [6.07, 6.45) is -3.62. The van der Waals surface area contributed by atoms with Crippen molar-refractivity contribution in [3.63, 3.8) is 0 Å². The van der Waals surface area contributed by atoms with E-state index < -0.39 is 42.4 Å². The molecule has 0 aromatic carbocycles. The Morgan fingerprint density at radius 1 is 1.32 bits per heavy atom. The molecule has 1 fully saturated rings. The molecule has 3 rings (SSSR count). The first kappa shape index (κ1) is 15.1. The van der Waals surface area contributed by atoms with Crippen LogP contribution in [0.1, 0.15) is 6.23 Å². The molecule has 4 atom stereocenters. The SMILES string of the molecule is O=c1[nH]c(=O)n([C@@H]2O[C@H](CO)[C@@H](O)[C@H]2O)cc1-c1ccsc1. The molecule has 8 nitrogen and oxygen atoms in total. The third-order valence-corrected chi connectivity index (χ3v) is 4.27. The number of hydrogen-bond acceptors (Lipinski definition) is 7. The summed E-state index contributed by atoms with van der Waals surface area (Å²) in [4.78, 5) is 26.0. The summed E-state index contributed by atoms with van der Waals surface area (Å²) in [5.41, 5.74) is -0.435. The number of H-pyrrole nitrogens is 1. The minimum atomic E-state index is -1.39. The van der Waals surface area contributed by atoms with E-state index in [1.807, 2.05) is 0 Å². The number of nitrogens with one attached hydrogen (secondary N) is 1. The quantitative estimate of drug-likeness (QED) is 0.566. The van der Waals surface area contributed by atoms with Crippen LogP contribution in [0.15, 0.2) is 32.6 Å². The average molecular weight is 326 g/mol. The topological polar surface area (TPSA) is 125 Å². The Bertz CT molecular complexity index is 768. The summed E-state index contributed by atoms with van der Waals surface area (Å²) in [7, 11) is 0. The fourth-order valence-corrected chi connectivity index (χ4v) is 3.06. The predicted molar refractivity (Wildman–Crippen MR) is 77.6 cm³/mol. The van der Waals surface area contributed by atoms with Gasteiger partial charge in [0.25, 0.3) is 5.56 Å². The van der Waals surface area contributed by atoms with E-state index in [-0.39, 0.29) is 5.56 Å². The number of aromatic amines is 1. The van der Waals surface area contributed by atoms with Gasteiger partial charge in [-0.25, -0.2) is 4.79 Å². The molecule has 2 aromatic heterocycles. The molecular formula is C13H14N2O6S. The van der Waals surface area contributed by atoms with Crippen molar-refractivity contribution in [3.05, 3.63) is 43.9 Å². The second-order valence-corrected chi connectivity index (χ2v) is 5.73. The third kappa shape index (κ3) is 2.42. The monoisotopic (exact) mass is 326 g/mol. The molecule has 1 saturated heterocycles. The van der Waals surface area contributed by atoms with E-state index in [1.54, 1.807) is 16.8 Å². The van der Waals surface area contributed by atoms with Gasteiger partial charge >= 0.3 is 5.69 Å². The Labute approximate surface area is 127 Å². The van der Waals surface area contributed by atoms with E-state index in [0.29, 0.717) is 5.56 Å². The third-order valence-electron chi connectivity index (χ3n) is 3.59. The zero-order chi connectivity index (χ0) is 15.9. The lowest BCUT2D eigenvalue weighted by Crippen LogP contribution is -2.38. The van der Waals surface area contributed by atoms with E-state index in [0.717, 1.165) is 4.57 Å². The fraction of sp³-hybridized carbons (Fsp3) is 0.385. The van der Waals surface area contributed by atoms with Gasteiger partial charge in [0.05, 0.1) is 12.2 Å². The van der Waals surface area contributed by atoms with Gasteiger partial charge < -0.3 is 20.1 Å². The Balaban J connectivity index is 2.07. The normalized spacial score (nSPS) is 28.1. The fourth-order valence-electron chi connectivity index (χ4n) is 2.41. The second kappa shape index (κ2) is 5.78. The van der Waals surface area contributed by atoms with Crippen LogP contribution in [0.4, 0.5) is 0 Å². The number of ether oxygens (including phenoxy) is 1. The van der Waals surface area contributed by atoms with Gasteiger partial charge in [0.2, 0.25) is 0 Å². The molecule has 0 bridgehead atoms. The minimum absolute atomic E-state index is 0.249. The van der Waals surface area contributed by atoms with Crippen molar-refractivity contribution in [3.8, 4) is 11.1 Å². The van der Waals surface area contributed by atoms with Gasteiger partial charge in [-0.1, -0.05) is 0 Å². The number of thiophene rings is 1. The lowest BCUT2D eigenvalue weighted by molar-refractivity contribution is -0.0549. The summed E-state index contributed by atoms with van der Waals surface area (Å²) in [5, 5.41) is 32.4. The Hall–Kier alpha value is -1.78. The van der Waals surface area contributed by atoms with E-state index in [1.165, 1.54) is 17.5 Å². The molecule has 9 heteroatoms. The zero-order valence-corrected chi connectivity index (χ0v) is 12.1. The van der Waals surface area contributed by atoms with Gasteiger partial charge in [0.1, 0.15) is 18.3 Å². The minimum Gasteiger partial charge on any atom is -0.394 e. The van der Waals surface area contributed by atoms with Gasteiger partial charge in [0, 0.05) is 6.20 Å². The van der Waals surface area contributed by atoms with Crippen LogP contribution in [0.2, 0.25) is 0 Å². The molecule has 1 aliphatic heterocycles. The molecule has 3 heterocycles. The van der Waals surface area contributed by atoms with Crippen molar-refractivity contribution in [1.29, 1.82) is 0 Å². The largest absolute Gasteiger partial charge is 0.394 e. The molecule has 22 heavy (non-hydrogen) atoms. The highest BCUT2D eigenvalue weighted by atomic mass is 32.1. The van der Waals surface area contributed by atoms with Crippen LogP contribution in [0, 0.1) is 0 Å². The van der Waals surface area contributed by atoms with Gasteiger partial charge in [-0.15, -0.1) is 0 Å². The zero-order valence-electron chi connectivity index (χ0n) is 11.2. The summed E-state index contributed by atoms with van der Waals surface area (Å²) in [6, 6.07) is 1.72. The molecule has 0 radical (unpaired) electrons. The first-order valence-corrected chi connectivity index (χ1v) is 7.47. The van der Waals surface area contributed by atoms with Gasteiger partial charge in [0.15, 0.2) is 6.23 Å². The number of aliphatic hydroxyl groups is 3. The number of aliphatic hydroxyl groups excluding tert-OH is 3. The molecule has 2 aromatic rings. The van der Waals surface area contributed by atoms with Crippen LogP contribution in [0.5, 0.6) is 0 Å². The van der Waals surface area contributed by atoms with Crippen LogP contribution in [-0.4, -0.2) is 49.8 Å². The lowest BCUT2D eigenvalue weighted by Gasteiger charge is -2.17. The summed E-state index contributed by atoms with van der Waals surface area (Å²) < 4.78 is 6.32. The van der Waals surface area contributed by atoms with Crippen LogP contribution in [-0.2, 0) is 4.74 Å². The standard InChI is InChI=1S/C13H14N2O6S/c16-4-8-9(17)10(18)12(21-8)15-3-7(6-1-2-22-5-6)11(19)14-13(15)20/h1-3,5,8-10,12,16-18H,4H2,(H,14,19,20)/t8-,9-,10-,12-/m1/s1. The van der Waals surface area contributed by atoms with Crippen molar-refractivity contribution in [2.45, 2.75) is 24.5 Å². The van der Waals surface area contributed by atoms with Crippen LogP contribution in [0.3, 0.4) is 0 Å². The highest BCUT2D eigenvalue weighted by molar-refractivity contribution is 7.08. The van der Waals surface area contributed by atoms with Crippen molar-refractivity contribution in [2.75, 3.05) is 6.61 Å². The van der Waals surface area contributed by atoms with Gasteiger partial charge in [-0.3, -0.25) is 14.3 Å². The van der Waals surface area contributed by atoms with Crippen molar-refractivity contribution in [1.82, 2.24) is 9.55 Å². The first-order chi connectivity index (χ1) is 10.5. The molecular weight excluding hydrogens is 312 g/mol. The first-order valence-electron chi connectivity index (χ1n) is 6.53. The predicted octanol–water partition coefficient (Wildman–Crippen LogP) is -1.12. The number of hydrogen-bond donors (Lipinski definition) is 4. The molecule has 0 aliphatic carbocycles. The summed E-state index contributed by atoms with van der Waals surface area (Å²) >= 11 is 1.40. The molecule has 1 aliphatic rings. The maximum absolute atomic E-state index is 12.0. The molecule has 4 N–H and O–H groups in total. The summed E-state index contributed by atoms with van der Waals surface area (Å²) in [6.45, 7) is -0.496. The number of nitrogens with zero attached hydrogens (tertiary/aromatic N) is 1. The highest BCUT2D eigenvalue weighted by Crippen LogP contribution is 2.28.